The number of nitrogens with zero attached hydrogens (tertiary/aromatic N) is 1. The molecule has 0 amide bonds. The third-order valence-corrected chi connectivity index (χ3v) is 7.62. The number of rotatable bonds is 9. The first-order valence-electron chi connectivity index (χ1n) is 11.0. The monoisotopic (exact) mass is 481 g/mol. The lowest BCUT2D eigenvalue weighted by Gasteiger charge is -2.25. The van der Waals surface area contributed by atoms with Crippen molar-refractivity contribution in [1.82, 2.24) is 0 Å². The van der Waals surface area contributed by atoms with Gasteiger partial charge in [0.25, 0.3) is 10.0 Å². The second-order valence-corrected chi connectivity index (χ2v) is 10.2. The summed E-state index contributed by atoms with van der Waals surface area (Å²) >= 11 is 0. The van der Waals surface area contributed by atoms with Gasteiger partial charge in [0, 0.05) is 0 Å². The van der Waals surface area contributed by atoms with E-state index in [9.17, 15) is 18.3 Å². The van der Waals surface area contributed by atoms with Crippen molar-refractivity contribution >= 4 is 21.7 Å². The quantitative estimate of drug-likeness (QED) is 0.430. The Balaban J connectivity index is 1.73. The predicted molar refractivity (Wildman–Crippen MR) is 129 cm³/mol. The van der Waals surface area contributed by atoms with E-state index in [-0.39, 0.29) is 23.8 Å². The Morgan fingerprint density at radius 1 is 1.15 bits per heavy atom. The first kappa shape index (κ1) is 23.6. The number of sulfonamides is 1. The van der Waals surface area contributed by atoms with Crippen LogP contribution in [0.5, 0.6) is 5.75 Å². The Labute approximate surface area is 199 Å². The number of fused-ring (bicyclic) bond motifs is 1. The van der Waals surface area contributed by atoms with Crippen molar-refractivity contribution in [3.05, 3.63) is 88.7 Å². The number of carboxylic acid groups (broad SMARTS) is 1. The summed E-state index contributed by atoms with van der Waals surface area (Å²) < 4.78 is 39.9. The molecule has 0 atom stereocenters. The van der Waals surface area contributed by atoms with Gasteiger partial charge >= 0.3 is 5.97 Å². The van der Waals surface area contributed by atoms with Crippen LogP contribution < -0.4 is 9.04 Å². The third kappa shape index (κ3) is 4.59. The topological polar surface area (TPSA) is 97.0 Å². The van der Waals surface area contributed by atoms with Crippen LogP contribution in [0.1, 0.15) is 44.8 Å². The number of aromatic carboxylic acids is 1. The molecule has 0 spiro atoms. The van der Waals surface area contributed by atoms with Crippen LogP contribution in [0.3, 0.4) is 0 Å². The summed E-state index contributed by atoms with van der Waals surface area (Å²) in [5, 5.41) is 9.07. The highest BCUT2D eigenvalue weighted by atomic mass is 32.2. The van der Waals surface area contributed by atoms with Crippen LogP contribution in [0.2, 0.25) is 0 Å². The van der Waals surface area contributed by atoms with Gasteiger partial charge in [-0.2, -0.15) is 8.42 Å². The average molecular weight is 482 g/mol. The average Bonchev–Trinajstić information content (AvgIpc) is 3.44. The number of carboxylic acids is 1. The molecule has 0 fully saturated rings. The van der Waals surface area contributed by atoms with Crippen LogP contribution in [0, 0.1) is 13.8 Å². The molecule has 178 valence electrons. The minimum atomic E-state index is -3.99. The SMILES string of the molecule is C=CCN(c1cc2c(cc1OCc1ccc(C(=O)O)cc1C)CCC2)S(=O)(=O)c1ccc(C)o1. The van der Waals surface area contributed by atoms with Crippen molar-refractivity contribution in [2.75, 3.05) is 10.8 Å². The molecule has 3 aromatic rings. The molecule has 0 saturated carbocycles. The summed E-state index contributed by atoms with van der Waals surface area (Å²) in [6.45, 7) is 7.47. The standard InChI is InChI=1S/C26H27NO6S/c1-4-12-27(34(30,31)25-11-8-18(3)33-25)23-14-19-6-5-7-20(19)15-24(23)32-16-22-10-9-21(26(28)29)13-17(22)2/h4,8-11,13-15H,1,5-7,12,16H2,2-3H3,(H,28,29). The maximum atomic E-state index is 13.5. The fraction of sp³-hybridized carbons (Fsp3) is 0.269. The predicted octanol–water partition coefficient (Wildman–Crippen LogP) is 5.04. The van der Waals surface area contributed by atoms with Gasteiger partial charge in [0.15, 0.2) is 0 Å². The molecule has 4 rings (SSSR count). The molecule has 0 unspecified atom stereocenters. The molecular weight excluding hydrogens is 454 g/mol. The van der Waals surface area contributed by atoms with Crippen LogP contribution in [-0.4, -0.2) is 26.0 Å². The molecule has 1 aromatic heterocycles. The molecule has 1 aliphatic carbocycles. The lowest BCUT2D eigenvalue weighted by atomic mass is 10.1. The van der Waals surface area contributed by atoms with E-state index in [1.54, 1.807) is 25.1 Å². The van der Waals surface area contributed by atoms with Crippen molar-refractivity contribution < 1.29 is 27.5 Å². The van der Waals surface area contributed by atoms with E-state index in [0.717, 1.165) is 41.5 Å². The van der Waals surface area contributed by atoms with Gasteiger partial charge in [-0.25, -0.2) is 4.79 Å². The molecule has 8 heteroatoms. The Kier molecular flexibility index (Phi) is 6.52. The van der Waals surface area contributed by atoms with Crippen molar-refractivity contribution in [1.29, 1.82) is 0 Å². The number of aryl methyl sites for hydroxylation is 4. The second kappa shape index (κ2) is 9.38. The first-order valence-corrected chi connectivity index (χ1v) is 12.5. The molecule has 0 aliphatic heterocycles. The lowest BCUT2D eigenvalue weighted by molar-refractivity contribution is 0.0696. The Hall–Kier alpha value is -3.52. The van der Waals surface area contributed by atoms with Crippen molar-refractivity contribution in [2.24, 2.45) is 0 Å². The summed E-state index contributed by atoms with van der Waals surface area (Å²) in [7, 11) is -3.99. The number of carbonyl (C=O) groups is 1. The number of hydrogen-bond donors (Lipinski definition) is 1. The molecule has 34 heavy (non-hydrogen) atoms. The van der Waals surface area contributed by atoms with Crippen molar-refractivity contribution in [3.8, 4) is 5.75 Å². The highest BCUT2D eigenvalue weighted by molar-refractivity contribution is 7.92. The van der Waals surface area contributed by atoms with Crippen molar-refractivity contribution in [2.45, 2.75) is 44.8 Å². The van der Waals surface area contributed by atoms with Crippen molar-refractivity contribution in [3.63, 3.8) is 0 Å². The number of ether oxygens (including phenoxy) is 1. The smallest absolute Gasteiger partial charge is 0.335 e. The van der Waals surface area contributed by atoms with Gasteiger partial charge in [-0.15, -0.1) is 6.58 Å². The normalized spacial score (nSPS) is 12.9. The Bertz CT molecular complexity index is 1360. The molecule has 2 aromatic carbocycles. The van der Waals surface area contributed by atoms with Crippen LogP contribution >= 0.6 is 0 Å². The fourth-order valence-corrected chi connectivity index (χ4v) is 5.55. The van der Waals surface area contributed by atoms with Gasteiger partial charge in [-0.1, -0.05) is 12.1 Å². The lowest BCUT2D eigenvalue weighted by Crippen LogP contribution is -2.31. The van der Waals surface area contributed by atoms with E-state index in [2.05, 4.69) is 6.58 Å². The van der Waals surface area contributed by atoms with E-state index in [1.165, 1.54) is 22.5 Å². The zero-order chi connectivity index (χ0) is 24.5. The zero-order valence-corrected chi connectivity index (χ0v) is 20.0. The number of furan rings is 1. The van der Waals surface area contributed by atoms with E-state index in [4.69, 9.17) is 9.15 Å². The molecule has 0 bridgehead atoms. The van der Waals surface area contributed by atoms with Gasteiger partial charge < -0.3 is 14.3 Å². The zero-order valence-electron chi connectivity index (χ0n) is 19.2. The first-order chi connectivity index (χ1) is 16.2. The van der Waals surface area contributed by atoms with Gasteiger partial charge in [-0.05, 0) is 91.8 Å². The van der Waals surface area contributed by atoms with E-state index < -0.39 is 16.0 Å². The largest absolute Gasteiger partial charge is 0.487 e. The summed E-state index contributed by atoms with van der Waals surface area (Å²) in [5.74, 6) is -0.0474. The van der Waals surface area contributed by atoms with Crippen LogP contribution in [0.4, 0.5) is 5.69 Å². The van der Waals surface area contributed by atoms with Gasteiger partial charge in [0.05, 0.1) is 17.8 Å². The highest BCUT2D eigenvalue weighted by Crippen LogP contribution is 2.39. The van der Waals surface area contributed by atoms with Gasteiger partial charge in [0.2, 0.25) is 5.09 Å². The molecule has 0 saturated heterocycles. The molecule has 1 N–H and O–H groups in total. The van der Waals surface area contributed by atoms with Gasteiger partial charge in [-0.3, -0.25) is 4.31 Å². The Morgan fingerprint density at radius 2 is 1.88 bits per heavy atom. The highest BCUT2D eigenvalue weighted by Gasteiger charge is 2.31. The van der Waals surface area contributed by atoms with Crippen LogP contribution in [0.15, 0.2) is 64.6 Å². The third-order valence-electron chi connectivity index (χ3n) is 5.97. The number of anilines is 1. The van der Waals surface area contributed by atoms with E-state index in [0.29, 0.717) is 17.2 Å². The maximum Gasteiger partial charge on any atom is 0.335 e. The summed E-state index contributed by atoms with van der Waals surface area (Å²) in [6.07, 6.45) is 4.31. The van der Waals surface area contributed by atoms with E-state index in [1.807, 2.05) is 19.1 Å². The van der Waals surface area contributed by atoms with Crippen LogP contribution in [0.25, 0.3) is 0 Å². The fourth-order valence-electron chi connectivity index (χ4n) is 4.15. The Morgan fingerprint density at radius 3 is 2.50 bits per heavy atom. The van der Waals surface area contributed by atoms with E-state index >= 15 is 0 Å². The molecule has 1 aliphatic rings. The van der Waals surface area contributed by atoms with Gasteiger partial charge in [0.1, 0.15) is 18.1 Å². The minimum Gasteiger partial charge on any atom is -0.487 e. The summed E-state index contributed by atoms with van der Waals surface area (Å²) in [4.78, 5) is 11.2. The number of hydrogen-bond acceptors (Lipinski definition) is 5. The minimum absolute atomic E-state index is 0.0452. The molecule has 0 radical (unpaired) electrons. The maximum absolute atomic E-state index is 13.5. The second-order valence-electron chi connectivity index (χ2n) is 8.37. The summed E-state index contributed by atoms with van der Waals surface area (Å²) in [6, 6.07) is 11.7. The molecule has 1 heterocycles. The molecule has 7 nitrogen and oxygen atoms in total. The summed E-state index contributed by atoms with van der Waals surface area (Å²) in [5.41, 5.74) is 4.47. The molecular formula is C26H27NO6S. The number of benzene rings is 2. The van der Waals surface area contributed by atoms with Crippen LogP contribution in [-0.2, 0) is 29.5 Å².